The Morgan fingerprint density at radius 1 is 1.07 bits per heavy atom. The zero-order valence-corrected chi connectivity index (χ0v) is 10.3. The smallest absolute Gasteiger partial charge is 0.00194 e. The third kappa shape index (κ3) is 3.46. The Kier molecular flexibility index (Phi) is 4.04. The molecular weight excluding hydrogens is 184 g/mol. The van der Waals surface area contributed by atoms with Crippen LogP contribution in [-0.2, 0) is 0 Å². The Hall–Kier alpha value is -0.0800. The van der Waals surface area contributed by atoms with Gasteiger partial charge in [0, 0.05) is 19.6 Å². The molecule has 1 saturated heterocycles. The first-order valence-electron chi connectivity index (χ1n) is 6.67. The molecule has 0 aromatic heterocycles. The quantitative estimate of drug-likeness (QED) is 0.749. The summed E-state index contributed by atoms with van der Waals surface area (Å²) in [4.78, 5) is 2.72. The summed E-state index contributed by atoms with van der Waals surface area (Å²) in [5.41, 5.74) is 0. The highest BCUT2D eigenvalue weighted by atomic mass is 15.1. The second kappa shape index (κ2) is 5.31. The van der Waals surface area contributed by atoms with E-state index < -0.39 is 0 Å². The lowest BCUT2D eigenvalue weighted by Gasteiger charge is -2.36. The van der Waals surface area contributed by atoms with Crippen LogP contribution in [0.5, 0.6) is 0 Å². The normalized spacial score (nSPS) is 35.6. The van der Waals surface area contributed by atoms with E-state index in [4.69, 9.17) is 0 Å². The second-order valence-electron chi connectivity index (χ2n) is 5.88. The lowest BCUT2D eigenvalue weighted by molar-refractivity contribution is 0.132. The fraction of sp³-hybridized carbons (Fsp3) is 1.00. The van der Waals surface area contributed by atoms with Crippen molar-refractivity contribution in [3.63, 3.8) is 0 Å². The van der Waals surface area contributed by atoms with Crippen molar-refractivity contribution in [3.05, 3.63) is 0 Å². The van der Waals surface area contributed by atoms with Crippen molar-refractivity contribution < 1.29 is 0 Å². The van der Waals surface area contributed by atoms with Crippen molar-refractivity contribution >= 4 is 0 Å². The molecule has 2 atom stereocenters. The van der Waals surface area contributed by atoms with E-state index in [9.17, 15) is 0 Å². The monoisotopic (exact) mass is 210 g/mol. The summed E-state index contributed by atoms with van der Waals surface area (Å²) in [7, 11) is 0. The van der Waals surface area contributed by atoms with E-state index >= 15 is 0 Å². The van der Waals surface area contributed by atoms with Crippen LogP contribution in [0, 0.1) is 17.8 Å². The molecule has 15 heavy (non-hydrogen) atoms. The lowest BCUT2D eigenvalue weighted by Crippen LogP contribution is -2.45. The minimum absolute atomic E-state index is 0.817. The maximum atomic E-state index is 3.56. The molecule has 88 valence electrons. The van der Waals surface area contributed by atoms with Gasteiger partial charge in [-0.15, -0.1) is 0 Å². The van der Waals surface area contributed by atoms with Crippen LogP contribution in [0.25, 0.3) is 0 Å². The molecule has 0 aromatic rings. The summed E-state index contributed by atoms with van der Waals surface area (Å²) in [6, 6.07) is 0. The fourth-order valence-electron chi connectivity index (χ4n) is 2.85. The molecule has 1 saturated carbocycles. The maximum Gasteiger partial charge on any atom is 0.00194 e. The minimum Gasteiger partial charge on any atom is -0.316 e. The first-order valence-corrected chi connectivity index (χ1v) is 6.67. The highest BCUT2D eigenvalue weighted by Gasteiger charge is 2.23. The van der Waals surface area contributed by atoms with E-state index in [2.05, 4.69) is 24.1 Å². The van der Waals surface area contributed by atoms with Gasteiger partial charge in [-0.25, -0.2) is 0 Å². The zero-order valence-electron chi connectivity index (χ0n) is 10.3. The first-order chi connectivity index (χ1) is 7.24. The number of hydrogen-bond acceptors (Lipinski definition) is 2. The van der Waals surface area contributed by atoms with Gasteiger partial charge in [-0.3, -0.25) is 0 Å². The molecule has 2 rings (SSSR count). The summed E-state index contributed by atoms with van der Waals surface area (Å²) in [5.74, 6) is 2.66. The molecule has 1 aliphatic carbocycles. The van der Waals surface area contributed by atoms with Crippen LogP contribution < -0.4 is 5.32 Å². The average Bonchev–Trinajstić information content (AvgIpc) is 2.08. The summed E-state index contributed by atoms with van der Waals surface area (Å²) < 4.78 is 0. The summed E-state index contributed by atoms with van der Waals surface area (Å²) in [5, 5.41) is 3.56. The van der Waals surface area contributed by atoms with Gasteiger partial charge in [-0.2, -0.15) is 0 Å². The molecule has 0 amide bonds. The van der Waals surface area contributed by atoms with Gasteiger partial charge < -0.3 is 10.2 Å². The Bertz CT molecular complexity index is 174. The summed E-state index contributed by atoms with van der Waals surface area (Å²) >= 11 is 0. The highest BCUT2D eigenvalue weighted by Crippen LogP contribution is 2.27. The molecule has 0 radical (unpaired) electrons. The Labute approximate surface area is 94.4 Å². The third-order valence-electron chi connectivity index (χ3n) is 3.87. The highest BCUT2D eigenvalue weighted by molar-refractivity contribution is 4.78. The van der Waals surface area contributed by atoms with Crippen molar-refractivity contribution in [2.45, 2.75) is 33.1 Å². The summed E-state index contributed by atoms with van der Waals surface area (Å²) in [6.45, 7) is 11.1. The molecule has 1 heterocycles. The van der Waals surface area contributed by atoms with Gasteiger partial charge in [-0.1, -0.05) is 20.3 Å². The van der Waals surface area contributed by atoms with Crippen molar-refractivity contribution in [3.8, 4) is 0 Å². The van der Waals surface area contributed by atoms with Gasteiger partial charge in [0.15, 0.2) is 0 Å². The van der Waals surface area contributed by atoms with E-state index in [1.54, 1.807) is 0 Å². The largest absolute Gasteiger partial charge is 0.316 e. The molecule has 2 unspecified atom stereocenters. The zero-order chi connectivity index (χ0) is 10.7. The minimum atomic E-state index is 0.817. The van der Waals surface area contributed by atoms with Gasteiger partial charge in [0.1, 0.15) is 0 Å². The Morgan fingerprint density at radius 3 is 2.13 bits per heavy atom. The predicted octanol–water partition coefficient (Wildman–Crippen LogP) is 1.96. The molecular formula is C13H26N2. The van der Waals surface area contributed by atoms with Gasteiger partial charge >= 0.3 is 0 Å². The predicted molar refractivity (Wildman–Crippen MR) is 65.0 cm³/mol. The van der Waals surface area contributed by atoms with Gasteiger partial charge in [0.2, 0.25) is 0 Å². The molecule has 2 aliphatic rings. The Morgan fingerprint density at radius 2 is 1.67 bits per heavy atom. The standard InChI is InChI=1S/C13H26N2/c1-11-6-14-7-12(2)9-15(8-11)10-13-4-3-5-13/h11-14H,3-10H2,1-2H3. The summed E-state index contributed by atoms with van der Waals surface area (Å²) in [6.07, 6.45) is 4.44. The van der Waals surface area contributed by atoms with Gasteiger partial charge in [0.05, 0.1) is 0 Å². The first kappa shape index (κ1) is 11.4. The van der Waals surface area contributed by atoms with E-state index in [0.717, 1.165) is 17.8 Å². The molecule has 2 heteroatoms. The van der Waals surface area contributed by atoms with Crippen LogP contribution >= 0.6 is 0 Å². The third-order valence-corrected chi connectivity index (χ3v) is 3.87. The van der Waals surface area contributed by atoms with Crippen LogP contribution in [0.1, 0.15) is 33.1 Å². The van der Waals surface area contributed by atoms with Crippen molar-refractivity contribution in [2.75, 3.05) is 32.7 Å². The molecule has 0 bridgehead atoms. The second-order valence-corrected chi connectivity index (χ2v) is 5.88. The van der Waals surface area contributed by atoms with Crippen molar-refractivity contribution in [2.24, 2.45) is 17.8 Å². The molecule has 0 spiro atoms. The number of rotatable bonds is 2. The topological polar surface area (TPSA) is 15.3 Å². The van der Waals surface area contributed by atoms with E-state index in [0.29, 0.717) is 0 Å². The fourth-order valence-corrected chi connectivity index (χ4v) is 2.85. The van der Waals surface area contributed by atoms with Crippen molar-refractivity contribution in [1.82, 2.24) is 10.2 Å². The van der Waals surface area contributed by atoms with Gasteiger partial charge in [0.25, 0.3) is 0 Å². The van der Waals surface area contributed by atoms with Crippen LogP contribution in [0.2, 0.25) is 0 Å². The Balaban J connectivity index is 1.81. The molecule has 2 nitrogen and oxygen atoms in total. The molecule has 1 N–H and O–H groups in total. The molecule has 2 fully saturated rings. The van der Waals surface area contributed by atoms with Crippen LogP contribution in [0.15, 0.2) is 0 Å². The maximum absolute atomic E-state index is 3.56. The van der Waals surface area contributed by atoms with Crippen molar-refractivity contribution in [1.29, 1.82) is 0 Å². The average molecular weight is 210 g/mol. The SMILES string of the molecule is CC1CNCC(C)CN(CC2CCC2)C1. The van der Waals surface area contributed by atoms with Gasteiger partial charge in [-0.05, 0) is 43.7 Å². The molecule has 1 aliphatic heterocycles. The van der Waals surface area contributed by atoms with E-state index in [1.165, 1.54) is 52.0 Å². The number of nitrogens with one attached hydrogen (secondary N) is 1. The number of hydrogen-bond donors (Lipinski definition) is 1. The molecule has 0 aromatic carbocycles. The van der Waals surface area contributed by atoms with E-state index in [1.807, 2.05) is 0 Å². The van der Waals surface area contributed by atoms with E-state index in [-0.39, 0.29) is 0 Å². The van der Waals surface area contributed by atoms with Crippen LogP contribution in [0.4, 0.5) is 0 Å². The van der Waals surface area contributed by atoms with Crippen LogP contribution in [-0.4, -0.2) is 37.6 Å². The number of nitrogens with zero attached hydrogens (tertiary/aromatic N) is 1. The lowest BCUT2D eigenvalue weighted by atomic mass is 9.84. The van der Waals surface area contributed by atoms with Crippen LogP contribution in [0.3, 0.4) is 0 Å².